The van der Waals surface area contributed by atoms with Gasteiger partial charge in [-0.1, -0.05) is 11.8 Å². The second-order valence-electron chi connectivity index (χ2n) is 2.62. The molecular weight excluding hydrogens is 190 g/mol. The van der Waals surface area contributed by atoms with Gasteiger partial charge >= 0.3 is 0 Å². The average Bonchev–Trinajstić information content (AvgIpc) is 2.49. The van der Waals surface area contributed by atoms with Crippen LogP contribution in [0, 0.1) is 6.92 Å². The number of hydrogen-bond acceptors (Lipinski definition) is 5. The fraction of sp³-hybridized carbons (Fsp3) is 0.714. The van der Waals surface area contributed by atoms with Crippen LogP contribution in [-0.2, 0) is 4.74 Å². The van der Waals surface area contributed by atoms with E-state index in [1.54, 1.807) is 7.11 Å². The van der Waals surface area contributed by atoms with Gasteiger partial charge in [0.25, 0.3) is 0 Å². The second kappa shape index (κ2) is 5.21. The molecule has 0 spiro atoms. The number of nitrogens with zero attached hydrogens (tertiary/aromatic N) is 2. The Labute approximate surface area is 80.9 Å². The first-order valence-electron chi connectivity index (χ1n) is 3.91. The minimum atomic E-state index is -0.464. The molecule has 0 saturated carbocycles. The van der Waals surface area contributed by atoms with Crippen molar-refractivity contribution >= 4 is 11.8 Å². The molecule has 1 rings (SSSR count). The Hall–Kier alpha value is -0.590. The number of nitrogens with one attached hydrogen (secondary N) is 1. The van der Waals surface area contributed by atoms with Crippen LogP contribution in [0.5, 0.6) is 0 Å². The first-order valence-corrected chi connectivity index (χ1v) is 4.89. The maximum absolute atomic E-state index is 9.31. The van der Waals surface area contributed by atoms with Crippen molar-refractivity contribution in [2.45, 2.75) is 18.2 Å². The smallest absolute Gasteiger partial charge is 0.208 e. The van der Waals surface area contributed by atoms with Gasteiger partial charge in [0, 0.05) is 12.9 Å². The summed E-state index contributed by atoms with van der Waals surface area (Å²) in [6.07, 6.45) is -0.464. The number of thioether (sulfide) groups is 1. The maximum Gasteiger partial charge on any atom is 0.208 e. The van der Waals surface area contributed by atoms with Crippen LogP contribution >= 0.6 is 11.8 Å². The normalized spacial score (nSPS) is 13.2. The molecular formula is C7H13N3O2S. The molecule has 1 unspecified atom stereocenters. The highest BCUT2D eigenvalue weighted by Gasteiger charge is 2.06. The number of H-pyrrole nitrogens is 1. The molecule has 5 nitrogen and oxygen atoms in total. The molecule has 0 bridgehead atoms. The number of aromatic nitrogens is 3. The molecule has 1 heterocycles. The number of hydrogen-bond donors (Lipinski definition) is 2. The number of rotatable bonds is 5. The minimum absolute atomic E-state index is 0.344. The molecule has 0 aromatic carbocycles. The van der Waals surface area contributed by atoms with E-state index in [9.17, 15) is 5.11 Å². The molecule has 6 heteroatoms. The van der Waals surface area contributed by atoms with Gasteiger partial charge in [-0.05, 0) is 6.92 Å². The van der Waals surface area contributed by atoms with Crippen LogP contribution in [0.4, 0.5) is 0 Å². The number of aliphatic hydroxyl groups excluding tert-OH is 1. The number of aryl methyl sites for hydroxylation is 1. The molecule has 2 N–H and O–H groups in total. The average molecular weight is 203 g/mol. The van der Waals surface area contributed by atoms with E-state index in [-0.39, 0.29) is 0 Å². The molecule has 0 saturated heterocycles. The molecule has 0 aliphatic heterocycles. The highest BCUT2D eigenvalue weighted by atomic mass is 32.2. The third-order valence-corrected chi connectivity index (χ3v) is 2.33. The quantitative estimate of drug-likeness (QED) is 0.669. The van der Waals surface area contributed by atoms with Crippen LogP contribution in [0.1, 0.15) is 5.82 Å². The summed E-state index contributed by atoms with van der Waals surface area (Å²) < 4.78 is 4.79. The molecule has 1 aromatic heterocycles. The van der Waals surface area contributed by atoms with E-state index in [0.717, 1.165) is 5.82 Å². The van der Waals surface area contributed by atoms with E-state index in [0.29, 0.717) is 17.5 Å². The summed E-state index contributed by atoms with van der Waals surface area (Å²) in [5, 5.41) is 16.6. The third-order valence-electron chi connectivity index (χ3n) is 1.34. The standard InChI is InChI=1S/C7H13N3O2S/c1-5-8-7(10-9-5)13-4-6(11)3-12-2/h6,11H,3-4H2,1-2H3,(H,8,9,10). The molecule has 74 valence electrons. The Bertz CT molecular complexity index is 254. The van der Waals surface area contributed by atoms with Crippen LogP contribution in [-0.4, -0.2) is 45.9 Å². The second-order valence-corrected chi connectivity index (χ2v) is 3.61. The van der Waals surface area contributed by atoms with Crippen LogP contribution in [0.3, 0.4) is 0 Å². The van der Waals surface area contributed by atoms with Gasteiger partial charge in [0.15, 0.2) is 0 Å². The van der Waals surface area contributed by atoms with Crippen LogP contribution in [0.2, 0.25) is 0 Å². The Balaban J connectivity index is 2.26. The highest BCUT2D eigenvalue weighted by Crippen LogP contribution is 2.13. The molecule has 0 fully saturated rings. The molecule has 1 aromatic rings. The van der Waals surface area contributed by atoms with Crippen molar-refractivity contribution in [3.63, 3.8) is 0 Å². The number of aliphatic hydroxyl groups is 1. The summed E-state index contributed by atoms with van der Waals surface area (Å²) in [4.78, 5) is 4.09. The molecule has 1 atom stereocenters. The lowest BCUT2D eigenvalue weighted by molar-refractivity contribution is 0.0794. The van der Waals surface area contributed by atoms with Gasteiger partial charge in [-0.15, -0.1) is 5.10 Å². The maximum atomic E-state index is 9.31. The Morgan fingerprint density at radius 3 is 3.00 bits per heavy atom. The van der Waals surface area contributed by atoms with Gasteiger partial charge in [0.2, 0.25) is 5.16 Å². The highest BCUT2D eigenvalue weighted by molar-refractivity contribution is 7.99. The van der Waals surface area contributed by atoms with E-state index in [1.807, 2.05) is 6.92 Å². The van der Waals surface area contributed by atoms with Crippen molar-refractivity contribution in [1.82, 2.24) is 15.2 Å². The molecule has 0 amide bonds. The van der Waals surface area contributed by atoms with E-state index in [1.165, 1.54) is 11.8 Å². The van der Waals surface area contributed by atoms with Crippen LogP contribution in [0.15, 0.2) is 5.16 Å². The Morgan fingerprint density at radius 1 is 1.69 bits per heavy atom. The lowest BCUT2D eigenvalue weighted by Crippen LogP contribution is -2.16. The number of ether oxygens (including phenoxy) is 1. The Morgan fingerprint density at radius 2 is 2.46 bits per heavy atom. The van der Waals surface area contributed by atoms with Crippen molar-refractivity contribution < 1.29 is 9.84 Å². The lowest BCUT2D eigenvalue weighted by atomic mass is 10.4. The van der Waals surface area contributed by atoms with Gasteiger partial charge in [-0.3, -0.25) is 5.10 Å². The fourth-order valence-electron chi connectivity index (χ4n) is 0.798. The van der Waals surface area contributed by atoms with Gasteiger partial charge < -0.3 is 9.84 Å². The summed E-state index contributed by atoms with van der Waals surface area (Å²) in [6.45, 7) is 2.18. The van der Waals surface area contributed by atoms with E-state index >= 15 is 0 Å². The van der Waals surface area contributed by atoms with Gasteiger partial charge in [0.1, 0.15) is 5.82 Å². The fourth-order valence-corrected chi connectivity index (χ4v) is 1.55. The largest absolute Gasteiger partial charge is 0.390 e. The van der Waals surface area contributed by atoms with Crippen LogP contribution in [0.25, 0.3) is 0 Å². The summed E-state index contributed by atoms with van der Waals surface area (Å²) >= 11 is 1.41. The van der Waals surface area contributed by atoms with E-state index < -0.39 is 6.10 Å². The predicted octanol–water partition coefficient (Wildman–Crippen LogP) is 0.213. The van der Waals surface area contributed by atoms with Crippen molar-refractivity contribution in [3.05, 3.63) is 5.82 Å². The van der Waals surface area contributed by atoms with Crippen molar-refractivity contribution in [2.24, 2.45) is 0 Å². The van der Waals surface area contributed by atoms with Gasteiger partial charge in [-0.25, -0.2) is 4.98 Å². The van der Waals surface area contributed by atoms with Gasteiger partial charge in [0.05, 0.1) is 12.7 Å². The molecule has 0 aliphatic rings. The minimum Gasteiger partial charge on any atom is -0.390 e. The summed E-state index contributed by atoms with van der Waals surface area (Å²) in [6, 6.07) is 0. The van der Waals surface area contributed by atoms with Crippen molar-refractivity contribution in [2.75, 3.05) is 19.5 Å². The number of methoxy groups -OCH3 is 1. The number of aromatic amines is 1. The summed E-state index contributed by atoms with van der Waals surface area (Å²) in [5.74, 6) is 1.33. The first-order chi connectivity index (χ1) is 6.22. The van der Waals surface area contributed by atoms with Crippen molar-refractivity contribution in [3.8, 4) is 0 Å². The topological polar surface area (TPSA) is 71.0 Å². The monoisotopic (exact) mass is 203 g/mol. The summed E-state index contributed by atoms with van der Waals surface area (Å²) in [5.41, 5.74) is 0. The first kappa shape index (κ1) is 10.5. The summed E-state index contributed by atoms with van der Waals surface area (Å²) in [7, 11) is 1.56. The lowest BCUT2D eigenvalue weighted by Gasteiger charge is -2.05. The molecule has 13 heavy (non-hydrogen) atoms. The SMILES string of the molecule is COCC(O)CSc1n[nH]c(C)n1. The molecule has 0 aliphatic carbocycles. The zero-order chi connectivity index (χ0) is 9.68. The zero-order valence-corrected chi connectivity index (χ0v) is 8.47. The third kappa shape index (κ3) is 3.75. The van der Waals surface area contributed by atoms with Gasteiger partial charge in [-0.2, -0.15) is 0 Å². The molecule has 0 radical (unpaired) electrons. The van der Waals surface area contributed by atoms with E-state index in [4.69, 9.17) is 4.74 Å². The van der Waals surface area contributed by atoms with Crippen molar-refractivity contribution in [1.29, 1.82) is 0 Å². The van der Waals surface area contributed by atoms with Crippen LogP contribution < -0.4 is 0 Å². The Kier molecular flexibility index (Phi) is 4.20. The van der Waals surface area contributed by atoms with E-state index in [2.05, 4.69) is 15.2 Å². The predicted molar refractivity (Wildman–Crippen MR) is 49.7 cm³/mol. The zero-order valence-electron chi connectivity index (χ0n) is 7.65.